The summed E-state index contributed by atoms with van der Waals surface area (Å²) in [6, 6.07) is 9.07. The summed E-state index contributed by atoms with van der Waals surface area (Å²) in [4.78, 5) is 0. The summed E-state index contributed by atoms with van der Waals surface area (Å²) in [6.07, 6.45) is 3.48. The Bertz CT molecular complexity index is 315. The van der Waals surface area contributed by atoms with Crippen LogP contribution in [-0.4, -0.2) is 0 Å². The molecule has 0 aromatic heterocycles. The molecule has 1 aromatic carbocycles. The van der Waals surface area contributed by atoms with E-state index in [-0.39, 0.29) is 6.04 Å². The van der Waals surface area contributed by atoms with Gasteiger partial charge in [0.1, 0.15) is 0 Å². The maximum atomic E-state index is 6.23. The van der Waals surface area contributed by atoms with E-state index < -0.39 is 0 Å². The number of hydrogen-bond donors (Lipinski definition) is 1. The lowest BCUT2D eigenvalue weighted by atomic mass is 9.92. The largest absolute Gasteiger partial charge is 0.324 e. The van der Waals surface area contributed by atoms with Gasteiger partial charge in [-0.2, -0.15) is 0 Å². The average molecular weight is 233 g/mol. The van der Waals surface area contributed by atoms with Crippen molar-refractivity contribution in [1.29, 1.82) is 0 Å². The third-order valence-electron chi connectivity index (χ3n) is 3.90. The third-order valence-corrected chi connectivity index (χ3v) is 3.90. The molecule has 3 atom stereocenters. The van der Waals surface area contributed by atoms with Crippen LogP contribution in [0.2, 0.25) is 0 Å². The Morgan fingerprint density at radius 1 is 0.941 bits per heavy atom. The molecule has 0 fully saturated rings. The molecule has 96 valence electrons. The van der Waals surface area contributed by atoms with E-state index in [2.05, 4.69) is 52.0 Å². The first kappa shape index (κ1) is 14.2. The van der Waals surface area contributed by atoms with Crippen LogP contribution in [0, 0.1) is 5.92 Å². The zero-order valence-electron chi connectivity index (χ0n) is 11.7. The van der Waals surface area contributed by atoms with Crippen LogP contribution < -0.4 is 5.73 Å². The van der Waals surface area contributed by atoms with Gasteiger partial charge in [0.25, 0.3) is 0 Å². The van der Waals surface area contributed by atoms with Crippen LogP contribution >= 0.6 is 0 Å². The summed E-state index contributed by atoms with van der Waals surface area (Å²) in [5.74, 6) is 1.36. The van der Waals surface area contributed by atoms with E-state index in [1.807, 2.05) is 0 Å². The van der Waals surface area contributed by atoms with Gasteiger partial charge in [-0.3, -0.25) is 0 Å². The van der Waals surface area contributed by atoms with Gasteiger partial charge in [0.15, 0.2) is 0 Å². The predicted octanol–water partition coefficient (Wildman–Crippen LogP) is 4.64. The fourth-order valence-corrected chi connectivity index (χ4v) is 2.04. The van der Waals surface area contributed by atoms with Gasteiger partial charge >= 0.3 is 0 Å². The van der Waals surface area contributed by atoms with E-state index in [1.165, 1.54) is 24.0 Å². The summed E-state index contributed by atoms with van der Waals surface area (Å²) < 4.78 is 0. The third kappa shape index (κ3) is 4.16. The van der Waals surface area contributed by atoms with Crippen molar-refractivity contribution in [3.63, 3.8) is 0 Å². The zero-order valence-corrected chi connectivity index (χ0v) is 11.7. The Hall–Kier alpha value is -0.820. The molecular weight excluding hydrogens is 206 g/mol. The van der Waals surface area contributed by atoms with E-state index in [4.69, 9.17) is 5.73 Å². The quantitative estimate of drug-likeness (QED) is 0.761. The Balaban J connectivity index is 2.66. The van der Waals surface area contributed by atoms with Gasteiger partial charge in [0.2, 0.25) is 0 Å². The fraction of sp³-hybridized carbons (Fsp3) is 0.625. The molecule has 1 rings (SSSR count). The van der Waals surface area contributed by atoms with Gasteiger partial charge in [-0.1, -0.05) is 58.4 Å². The second-order valence-electron chi connectivity index (χ2n) is 5.33. The maximum Gasteiger partial charge on any atom is 0.0297 e. The highest BCUT2D eigenvalue weighted by Crippen LogP contribution is 2.24. The predicted molar refractivity (Wildman–Crippen MR) is 76.1 cm³/mol. The lowest BCUT2D eigenvalue weighted by molar-refractivity contribution is 0.461. The van der Waals surface area contributed by atoms with Crippen LogP contribution in [0.15, 0.2) is 24.3 Å². The first-order valence-corrected chi connectivity index (χ1v) is 6.93. The summed E-state index contributed by atoms with van der Waals surface area (Å²) in [6.45, 7) is 9.00. The van der Waals surface area contributed by atoms with Gasteiger partial charge in [0, 0.05) is 6.04 Å². The Labute approximate surface area is 106 Å². The Kier molecular flexibility index (Phi) is 5.70. The van der Waals surface area contributed by atoms with Crippen LogP contribution in [0.4, 0.5) is 0 Å². The molecule has 1 aromatic rings. The zero-order chi connectivity index (χ0) is 12.8. The van der Waals surface area contributed by atoms with Crippen LogP contribution in [0.3, 0.4) is 0 Å². The first-order chi connectivity index (χ1) is 8.08. The molecule has 0 saturated heterocycles. The van der Waals surface area contributed by atoms with Gasteiger partial charge in [-0.05, 0) is 35.8 Å². The molecular formula is C16H27N. The summed E-state index contributed by atoms with van der Waals surface area (Å²) >= 11 is 0. The highest BCUT2D eigenvalue weighted by molar-refractivity contribution is 5.26. The SMILES string of the molecule is CCC(C)CC(N)c1ccc(C(C)CC)cc1. The van der Waals surface area contributed by atoms with E-state index in [0.717, 1.165) is 6.42 Å². The molecule has 0 aliphatic heterocycles. The van der Waals surface area contributed by atoms with Gasteiger partial charge in [0.05, 0.1) is 0 Å². The molecule has 1 nitrogen and oxygen atoms in total. The second-order valence-corrected chi connectivity index (χ2v) is 5.33. The molecule has 3 unspecified atom stereocenters. The molecule has 0 spiro atoms. The highest BCUT2D eigenvalue weighted by Gasteiger charge is 2.10. The fourth-order valence-electron chi connectivity index (χ4n) is 2.04. The van der Waals surface area contributed by atoms with E-state index in [1.54, 1.807) is 0 Å². The summed E-state index contributed by atoms with van der Waals surface area (Å²) in [5.41, 5.74) is 8.93. The molecule has 0 saturated carbocycles. The van der Waals surface area contributed by atoms with E-state index in [0.29, 0.717) is 11.8 Å². The molecule has 0 aliphatic carbocycles. The van der Waals surface area contributed by atoms with Crippen molar-refractivity contribution in [1.82, 2.24) is 0 Å². The van der Waals surface area contributed by atoms with Crippen LogP contribution in [0.1, 0.15) is 70.0 Å². The standard InChI is InChI=1S/C16H27N/c1-5-12(3)11-16(17)15-9-7-14(8-10-15)13(4)6-2/h7-10,12-13,16H,5-6,11,17H2,1-4H3. The smallest absolute Gasteiger partial charge is 0.0297 e. The maximum absolute atomic E-state index is 6.23. The van der Waals surface area contributed by atoms with E-state index in [9.17, 15) is 0 Å². The number of hydrogen-bond acceptors (Lipinski definition) is 1. The summed E-state index contributed by atoms with van der Waals surface area (Å²) in [5, 5.41) is 0. The molecule has 0 amide bonds. The van der Waals surface area contributed by atoms with Crippen molar-refractivity contribution < 1.29 is 0 Å². The minimum absolute atomic E-state index is 0.191. The molecule has 0 heterocycles. The minimum Gasteiger partial charge on any atom is -0.324 e. The topological polar surface area (TPSA) is 26.0 Å². The van der Waals surface area contributed by atoms with Crippen LogP contribution in [-0.2, 0) is 0 Å². The molecule has 1 heteroatoms. The molecule has 0 bridgehead atoms. The minimum atomic E-state index is 0.191. The van der Waals surface area contributed by atoms with E-state index >= 15 is 0 Å². The van der Waals surface area contributed by atoms with Crippen molar-refractivity contribution >= 4 is 0 Å². The van der Waals surface area contributed by atoms with Crippen LogP contribution in [0.5, 0.6) is 0 Å². The van der Waals surface area contributed by atoms with Gasteiger partial charge in [-0.15, -0.1) is 0 Å². The number of benzene rings is 1. The average Bonchev–Trinajstić information content (AvgIpc) is 2.37. The van der Waals surface area contributed by atoms with Crippen molar-refractivity contribution in [2.24, 2.45) is 11.7 Å². The van der Waals surface area contributed by atoms with Crippen molar-refractivity contribution in [2.45, 2.75) is 58.9 Å². The Morgan fingerprint density at radius 3 is 1.94 bits per heavy atom. The molecule has 17 heavy (non-hydrogen) atoms. The highest BCUT2D eigenvalue weighted by atomic mass is 14.6. The van der Waals surface area contributed by atoms with Crippen molar-refractivity contribution in [3.8, 4) is 0 Å². The lowest BCUT2D eigenvalue weighted by Crippen LogP contribution is -2.13. The van der Waals surface area contributed by atoms with Crippen molar-refractivity contribution in [3.05, 3.63) is 35.4 Å². The second kappa shape index (κ2) is 6.80. The van der Waals surface area contributed by atoms with Crippen LogP contribution in [0.25, 0.3) is 0 Å². The number of rotatable bonds is 6. The number of nitrogens with two attached hydrogens (primary N) is 1. The molecule has 2 N–H and O–H groups in total. The monoisotopic (exact) mass is 233 g/mol. The van der Waals surface area contributed by atoms with Crippen molar-refractivity contribution in [2.75, 3.05) is 0 Å². The van der Waals surface area contributed by atoms with Gasteiger partial charge < -0.3 is 5.73 Å². The molecule has 0 radical (unpaired) electrons. The first-order valence-electron chi connectivity index (χ1n) is 6.93. The molecule has 0 aliphatic rings. The lowest BCUT2D eigenvalue weighted by Gasteiger charge is -2.17. The summed E-state index contributed by atoms with van der Waals surface area (Å²) in [7, 11) is 0. The normalized spacial score (nSPS) is 16.5. The van der Waals surface area contributed by atoms with Gasteiger partial charge in [-0.25, -0.2) is 0 Å². The Morgan fingerprint density at radius 2 is 1.47 bits per heavy atom.